The van der Waals surface area contributed by atoms with Gasteiger partial charge in [-0.15, -0.1) is 11.3 Å². The van der Waals surface area contributed by atoms with Gasteiger partial charge in [0.2, 0.25) is 10.0 Å². The highest BCUT2D eigenvalue weighted by molar-refractivity contribution is 7.93. The van der Waals surface area contributed by atoms with Crippen molar-refractivity contribution >= 4 is 32.4 Å². The maximum absolute atomic E-state index is 12.8. The molecule has 32 heavy (non-hydrogen) atoms. The van der Waals surface area contributed by atoms with Crippen molar-refractivity contribution in [2.24, 2.45) is 0 Å². The molecule has 0 saturated heterocycles. The summed E-state index contributed by atoms with van der Waals surface area (Å²) < 4.78 is 64.7. The molecular formula is C19H16F3N5O3S2. The van der Waals surface area contributed by atoms with E-state index < -0.39 is 27.8 Å². The monoisotopic (exact) mass is 483 g/mol. The number of benzene rings is 1. The lowest BCUT2D eigenvalue weighted by Crippen LogP contribution is -2.23. The van der Waals surface area contributed by atoms with E-state index in [0.717, 1.165) is 11.3 Å². The SMILES string of the molecule is O=C(NCc1csc(NS(=O)(=O)C2CC2)n1)c1ccc(-c2cncc(C(F)(F)F)n2)cc1. The lowest BCUT2D eigenvalue weighted by Gasteiger charge is -2.08. The van der Waals surface area contributed by atoms with E-state index >= 15 is 0 Å². The second kappa shape index (κ2) is 8.47. The molecule has 1 fully saturated rings. The third kappa shape index (κ3) is 5.22. The lowest BCUT2D eigenvalue weighted by atomic mass is 10.1. The first kappa shape index (κ1) is 22.1. The van der Waals surface area contributed by atoms with Gasteiger partial charge in [0.15, 0.2) is 10.8 Å². The number of carbonyl (C=O) groups excluding carboxylic acids is 1. The molecule has 1 aromatic carbocycles. The molecule has 0 radical (unpaired) electrons. The van der Waals surface area contributed by atoms with Crippen LogP contribution in [0.15, 0.2) is 42.0 Å². The second-order valence-corrected chi connectivity index (χ2v) is 9.86. The van der Waals surface area contributed by atoms with Crippen LogP contribution in [0.4, 0.5) is 18.3 Å². The molecule has 2 aromatic heterocycles. The van der Waals surface area contributed by atoms with E-state index in [2.05, 4.69) is 25.0 Å². The van der Waals surface area contributed by atoms with E-state index in [9.17, 15) is 26.4 Å². The predicted molar refractivity (Wildman–Crippen MR) is 111 cm³/mol. The number of rotatable bonds is 7. The molecular weight excluding hydrogens is 467 g/mol. The molecule has 3 aromatic rings. The Kier molecular flexibility index (Phi) is 5.86. The molecule has 0 bridgehead atoms. The summed E-state index contributed by atoms with van der Waals surface area (Å²) in [5, 5.41) is 4.19. The fourth-order valence-electron chi connectivity index (χ4n) is 2.73. The molecule has 2 N–H and O–H groups in total. The van der Waals surface area contributed by atoms with Gasteiger partial charge in [-0.05, 0) is 25.0 Å². The normalized spacial score (nSPS) is 14.2. The summed E-state index contributed by atoms with van der Waals surface area (Å²) in [7, 11) is -3.40. The topological polar surface area (TPSA) is 114 Å². The van der Waals surface area contributed by atoms with Crippen molar-refractivity contribution in [3.05, 3.63) is 59.0 Å². The summed E-state index contributed by atoms with van der Waals surface area (Å²) in [6, 6.07) is 5.88. The lowest BCUT2D eigenvalue weighted by molar-refractivity contribution is -0.141. The largest absolute Gasteiger partial charge is 0.434 e. The van der Waals surface area contributed by atoms with Gasteiger partial charge in [0.1, 0.15) is 0 Å². The number of nitrogens with one attached hydrogen (secondary N) is 2. The van der Waals surface area contributed by atoms with Gasteiger partial charge in [0.25, 0.3) is 5.91 Å². The highest BCUT2D eigenvalue weighted by Crippen LogP contribution is 2.31. The van der Waals surface area contributed by atoms with E-state index in [4.69, 9.17) is 0 Å². The smallest absolute Gasteiger partial charge is 0.346 e. The van der Waals surface area contributed by atoms with Crippen LogP contribution in [0.5, 0.6) is 0 Å². The van der Waals surface area contributed by atoms with Crippen LogP contribution >= 0.6 is 11.3 Å². The number of nitrogens with zero attached hydrogens (tertiary/aromatic N) is 3. The second-order valence-electron chi connectivity index (χ2n) is 7.04. The Morgan fingerprint density at radius 2 is 1.84 bits per heavy atom. The number of aromatic nitrogens is 3. The molecule has 0 atom stereocenters. The first-order valence-corrected chi connectivity index (χ1v) is 11.8. The van der Waals surface area contributed by atoms with E-state index in [1.165, 1.54) is 30.5 Å². The quantitative estimate of drug-likeness (QED) is 0.532. The molecule has 1 saturated carbocycles. The zero-order valence-electron chi connectivity index (χ0n) is 16.3. The summed E-state index contributed by atoms with van der Waals surface area (Å²) in [6.45, 7) is 0.0847. The maximum atomic E-state index is 12.8. The molecule has 0 spiro atoms. The summed E-state index contributed by atoms with van der Waals surface area (Å²) in [5.74, 6) is -0.417. The number of hydrogen-bond donors (Lipinski definition) is 2. The van der Waals surface area contributed by atoms with Crippen molar-refractivity contribution < 1.29 is 26.4 Å². The Hall–Kier alpha value is -3.06. The third-order valence-corrected chi connectivity index (χ3v) is 7.31. The van der Waals surface area contributed by atoms with Gasteiger partial charge < -0.3 is 5.32 Å². The molecule has 13 heteroatoms. The number of amides is 1. The molecule has 0 aliphatic heterocycles. The standard InChI is InChI=1S/C19H16F3N5O3S2/c20-19(21,22)16-9-23-8-15(26-16)11-1-3-12(4-2-11)17(28)24-7-13-10-31-18(25-13)27-32(29,30)14-5-6-14/h1-4,8-10,14H,5-7H2,(H,24,28)(H,25,27). The molecule has 1 amide bonds. The summed E-state index contributed by atoms with van der Waals surface area (Å²) in [4.78, 5) is 23.7. The van der Waals surface area contributed by atoms with Crippen molar-refractivity contribution in [1.82, 2.24) is 20.3 Å². The zero-order chi connectivity index (χ0) is 22.9. The fourth-order valence-corrected chi connectivity index (χ4v) is 5.03. The number of alkyl halides is 3. The number of sulfonamides is 1. The molecule has 0 unspecified atom stereocenters. The Balaban J connectivity index is 1.37. The van der Waals surface area contributed by atoms with Gasteiger partial charge in [0.05, 0.1) is 35.6 Å². The van der Waals surface area contributed by atoms with Crippen LogP contribution in [-0.2, 0) is 22.7 Å². The van der Waals surface area contributed by atoms with Crippen molar-refractivity contribution in [2.45, 2.75) is 30.8 Å². The number of anilines is 1. The number of thiazole rings is 1. The summed E-state index contributed by atoms with van der Waals surface area (Å²) in [6.07, 6.45) is -1.46. The van der Waals surface area contributed by atoms with Crippen molar-refractivity contribution in [3.8, 4) is 11.3 Å². The van der Waals surface area contributed by atoms with E-state index in [1.807, 2.05) is 0 Å². The molecule has 1 aliphatic carbocycles. The highest BCUT2D eigenvalue weighted by Gasteiger charge is 2.36. The zero-order valence-corrected chi connectivity index (χ0v) is 17.9. The Morgan fingerprint density at radius 3 is 2.50 bits per heavy atom. The van der Waals surface area contributed by atoms with Crippen molar-refractivity contribution in [1.29, 1.82) is 0 Å². The van der Waals surface area contributed by atoms with E-state index in [0.29, 0.717) is 35.9 Å². The highest BCUT2D eigenvalue weighted by atomic mass is 32.2. The van der Waals surface area contributed by atoms with Crippen LogP contribution in [0.2, 0.25) is 0 Å². The first-order valence-electron chi connectivity index (χ1n) is 9.36. The van der Waals surface area contributed by atoms with Crippen LogP contribution in [0.3, 0.4) is 0 Å². The van der Waals surface area contributed by atoms with Gasteiger partial charge in [0, 0.05) is 16.5 Å². The molecule has 1 aliphatic rings. The van der Waals surface area contributed by atoms with Crippen LogP contribution in [0.25, 0.3) is 11.3 Å². The van der Waals surface area contributed by atoms with Crippen LogP contribution in [0, 0.1) is 0 Å². The van der Waals surface area contributed by atoms with Crippen LogP contribution in [-0.4, -0.2) is 34.5 Å². The number of carbonyl (C=O) groups is 1. The minimum absolute atomic E-state index is 0.0374. The maximum Gasteiger partial charge on any atom is 0.434 e. The van der Waals surface area contributed by atoms with Gasteiger partial charge >= 0.3 is 6.18 Å². The predicted octanol–water partition coefficient (Wildman–Crippen LogP) is 3.45. The minimum atomic E-state index is -4.60. The first-order chi connectivity index (χ1) is 15.1. The number of halogens is 3. The van der Waals surface area contributed by atoms with Gasteiger partial charge in [-0.2, -0.15) is 13.2 Å². The molecule has 4 rings (SSSR count). The van der Waals surface area contributed by atoms with Crippen molar-refractivity contribution in [3.63, 3.8) is 0 Å². The third-order valence-electron chi connectivity index (χ3n) is 4.54. The van der Waals surface area contributed by atoms with E-state index in [1.54, 1.807) is 5.38 Å². The van der Waals surface area contributed by atoms with Gasteiger partial charge in [-0.1, -0.05) is 12.1 Å². The Morgan fingerprint density at radius 1 is 1.12 bits per heavy atom. The number of hydrogen-bond acceptors (Lipinski definition) is 7. The molecule has 168 valence electrons. The van der Waals surface area contributed by atoms with Crippen LogP contribution in [0.1, 0.15) is 34.6 Å². The average molecular weight is 483 g/mol. The fraction of sp³-hybridized carbons (Fsp3) is 0.263. The van der Waals surface area contributed by atoms with E-state index in [-0.39, 0.29) is 22.6 Å². The summed E-state index contributed by atoms with van der Waals surface area (Å²) >= 11 is 1.13. The Labute approximate surface area is 185 Å². The molecule has 2 heterocycles. The molecule has 8 nitrogen and oxygen atoms in total. The Bertz CT molecular complexity index is 1240. The van der Waals surface area contributed by atoms with Gasteiger partial charge in [-0.3, -0.25) is 14.5 Å². The minimum Gasteiger partial charge on any atom is -0.346 e. The van der Waals surface area contributed by atoms with Crippen molar-refractivity contribution in [2.75, 3.05) is 4.72 Å². The van der Waals surface area contributed by atoms with Crippen LogP contribution < -0.4 is 10.0 Å². The average Bonchev–Trinajstić information content (AvgIpc) is 3.54. The van der Waals surface area contributed by atoms with Gasteiger partial charge in [-0.25, -0.2) is 18.4 Å². The summed E-state index contributed by atoms with van der Waals surface area (Å²) in [5.41, 5.74) is 0.104.